The fourth-order valence-corrected chi connectivity index (χ4v) is 1.52. The SMILES string of the molecule is CC(C)(C)[C@@H](O)/C=C/C1=CCCCC1. The summed E-state index contributed by atoms with van der Waals surface area (Å²) in [6, 6.07) is 0. The van der Waals surface area contributed by atoms with Crippen molar-refractivity contribution in [1.82, 2.24) is 0 Å². The van der Waals surface area contributed by atoms with E-state index in [9.17, 15) is 5.11 Å². The van der Waals surface area contributed by atoms with Crippen LogP contribution in [0.15, 0.2) is 23.8 Å². The highest BCUT2D eigenvalue weighted by atomic mass is 16.3. The highest BCUT2D eigenvalue weighted by Gasteiger charge is 2.18. The molecular formula is C13H22O. The molecule has 0 amide bonds. The van der Waals surface area contributed by atoms with E-state index < -0.39 is 0 Å². The molecule has 0 radical (unpaired) electrons. The Kier molecular flexibility index (Phi) is 3.94. The summed E-state index contributed by atoms with van der Waals surface area (Å²) >= 11 is 0. The molecule has 1 atom stereocenters. The van der Waals surface area contributed by atoms with E-state index in [4.69, 9.17) is 0 Å². The number of allylic oxidation sites excluding steroid dienone is 3. The molecule has 14 heavy (non-hydrogen) atoms. The Morgan fingerprint density at radius 1 is 1.36 bits per heavy atom. The molecule has 0 saturated carbocycles. The highest BCUT2D eigenvalue weighted by Crippen LogP contribution is 2.22. The van der Waals surface area contributed by atoms with Gasteiger partial charge < -0.3 is 5.11 Å². The van der Waals surface area contributed by atoms with Crippen LogP contribution in [0.25, 0.3) is 0 Å². The van der Waals surface area contributed by atoms with E-state index >= 15 is 0 Å². The monoisotopic (exact) mass is 194 g/mol. The van der Waals surface area contributed by atoms with Crippen LogP contribution in [0.4, 0.5) is 0 Å². The second-order valence-corrected chi connectivity index (χ2v) is 5.19. The van der Waals surface area contributed by atoms with E-state index in [2.05, 4.69) is 32.9 Å². The van der Waals surface area contributed by atoms with Gasteiger partial charge in [-0.1, -0.05) is 44.6 Å². The maximum Gasteiger partial charge on any atom is 0.0772 e. The molecule has 0 spiro atoms. The second-order valence-electron chi connectivity index (χ2n) is 5.19. The Hall–Kier alpha value is -0.560. The number of hydrogen-bond donors (Lipinski definition) is 1. The first-order chi connectivity index (χ1) is 6.50. The maximum atomic E-state index is 9.80. The molecule has 80 valence electrons. The highest BCUT2D eigenvalue weighted by molar-refractivity contribution is 5.21. The molecule has 0 aromatic heterocycles. The summed E-state index contributed by atoms with van der Waals surface area (Å²) in [4.78, 5) is 0. The lowest BCUT2D eigenvalue weighted by Gasteiger charge is -2.23. The van der Waals surface area contributed by atoms with Crippen molar-refractivity contribution in [2.24, 2.45) is 5.41 Å². The van der Waals surface area contributed by atoms with Crippen molar-refractivity contribution in [3.05, 3.63) is 23.8 Å². The molecule has 0 bridgehead atoms. The third-order valence-corrected chi connectivity index (χ3v) is 2.71. The summed E-state index contributed by atoms with van der Waals surface area (Å²) < 4.78 is 0. The topological polar surface area (TPSA) is 20.2 Å². The van der Waals surface area contributed by atoms with Gasteiger partial charge in [-0.25, -0.2) is 0 Å². The zero-order chi connectivity index (χ0) is 10.6. The van der Waals surface area contributed by atoms with Gasteiger partial charge in [-0.3, -0.25) is 0 Å². The average Bonchev–Trinajstić information content (AvgIpc) is 2.14. The van der Waals surface area contributed by atoms with Crippen molar-refractivity contribution < 1.29 is 5.11 Å². The van der Waals surface area contributed by atoms with Gasteiger partial charge in [-0.05, 0) is 31.1 Å². The molecule has 0 saturated heterocycles. The van der Waals surface area contributed by atoms with Crippen molar-refractivity contribution >= 4 is 0 Å². The van der Waals surface area contributed by atoms with Gasteiger partial charge in [-0.2, -0.15) is 0 Å². The first kappa shape index (κ1) is 11.5. The van der Waals surface area contributed by atoms with E-state index in [0.717, 1.165) is 0 Å². The Morgan fingerprint density at radius 3 is 2.57 bits per heavy atom. The predicted octanol–water partition coefficient (Wildman–Crippen LogP) is 3.45. The molecular weight excluding hydrogens is 172 g/mol. The Morgan fingerprint density at radius 2 is 2.07 bits per heavy atom. The van der Waals surface area contributed by atoms with E-state index in [-0.39, 0.29) is 11.5 Å². The van der Waals surface area contributed by atoms with Gasteiger partial charge in [-0.15, -0.1) is 0 Å². The number of aliphatic hydroxyl groups excluding tert-OH is 1. The van der Waals surface area contributed by atoms with Crippen LogP contribution >= 0.6 is 0 Å². The summed E-state index contributed by atoms with van der Waals surface area (Å²) in [5.41, 5.74) is 1.34. The lowest BCUT2D eigenvalue weighted by molar-refractivity contribution is 0.105. The lowest BCUT2D eigenvalue weighted by Crippen LogP contribution is -2.23. The van der Waals surface area contributed by atoms with E-state index in [0.29, 0.717) is 0 Å². The smallest absolute Gasteiger partial charge is 0.0772 e. The quantitative estimate of drug-likeness (QED) is 0.714. The van der Waals surface area contributed by atoms with Crippen LogP contribution in [-0.2, 0) is 0 Å². The van der Waals surface area contributed by atoms with Crippen LogP contribution in [0.2, 0.25) is 0 Å². The van der Waals surface area contributed by atoms with Gasteiger partial charge in [0.2, 0.25) is 0 Å². The van der Waals surface area contributed by atoms with Gasteiger partial charge in [0.05, 0.1) is 6.10 Å². The standard InChI is InChI=1S/C13H22O/c1-13(2,3)12(14)10-9-11-7-5-4-6-8-11/h7,9-10,12,14H,4-6,8H2,1-3H3/b10-9+/t12-/m0/s1. The number of hydrogen-bond acceptors (Lipinski definition) is 1. The third-order valence-electron chi connectivity index (χ3n) is 2.71. The summed E-state index contributed by atoms with van der Waals surface area (Å²) in [7, 11) is 0. The zero-order valence-corrected chi connectivity index (χ0v) is 9.59. The predicted molar refractivity (Wildman–Crippen MR) is 61.2 cm³/mol. The van der Waals surface area contributed by atoms with Crippen LogP contribution in [0.1, 0.15) is 46.5 Å². The first-order valence-electron chi connectivity index (χ1n) is 5.55. The molecule has 1 heteroatoms. The minimum Gasteiger partial charge on any atom is -0.388 e. The van der Waals surface area contributed by atoms with Gasteiger partial charge in [0, 0.05) is 0 Å². The summed E-state index contributed by atoms with van der Waals surface area (Å²) in [5.74, 6) is 0. The Labute approximate surface area is 87.5 Å². The molecule has 0 heterocycles. The molecule has 0 aromatic rings. The van der Waals surface area contributed by atoms with Crippen molar-refractivity contribution in [1.29, 1.82) is 0 Å². The van der Waals surface area contributed by atoms with Crippen LogP contribution in [0.5, 0.6) is 0 Å². The summed E-state index contributed by atoms with van der Waals surface area (Å²) in [6.45, 7) is 6.16. The van der Waals surface area contributed by atoms with Crippen LogP contribution in [0, 0.1) is 5.41 Å². The fourth-order valence-electron chi connectivity index (χ4n) is 1.52. The molecule has 0 aliphatic heterocycles. The summed E-state index contributed by atoms with van der Waals surface area (Å²) in [6.07, 6.45) is 11.0. The van der Waals surface area contributed by atoms with Crippen molar-refractivity contribution in [3.8, 4) is 0 Å². The second kappa shape index (κ2) is 4.79. The van der Waals surface area contributed by atoms with Gasteiger partial charge >= 0.3 is 0 Å². The molecule has 1 nitrogen and oxygen atoms in total. The van der Waals surface area contributed by atoms with Crippen molar-refractivity contribution in [2.75, 3.05) is 0 Å². The molecule has 1 rings (SSSR count). The van der Waals surface area contributed by atoms with E-state index in [1.165, 1.54) is 31.3 Å². The largest absolute Gasteiger partial charge is 0.388 e. The van der Waals surface area contributed by atoms with E-state index in [1.807, 2.05) is 6.08 Å². The average molecular weight is 194 g/mol. The number of aliphatic hydroxyl groups is 1. The molecule has 1 N–H and O–H groups in total. The van der Waals surface area contributed by atoms with Gasteiger partial charge in [0.1, 0.15) is 0 Å². The van der Waals surface area contributed by atoms with Gasteiger partial charge in [0.15, 0.2) is 0 Å². The summed E-state index contributed by atoms with van der Waals surface area (Å²) in [5, 5.41) is 9.80. The Bertz CT molecular complexity index is 230. The van der Waals surface area contributed by atoms with Crippen LogP contribution in [0.3, 0.4) is 0 Å². The molecule has 1 aliphatic rings. The zero-order valence-electron chi connectivity index (χ0n) is 9.59. The number of rotatable bonds is 2. The lowest BCUT2D eigenvalue weighted by atomic mass is 9.88. The van der Waals surface area contributed by atoms with E-state index in [1.54, 1.807) is 0 Å². The normalized spacial score (nSPS) is 21.0. The van der Waals surface area contributed by atoms with Crippen molar-refractivity contribution in [2.45, 2.75) is 52.6 Å². The van der Waals surface area contributed by atoms with Crippen LogP contribution in [-0.4, -0.2) is 11.2 Å². The third kappa shape index (κ3) is 3.67. The minimum atomic E-state index is -0.342. The molecule has 1 aliphatic carbocycles. The molecule has 0 fully saturated rings. The molecule has 0 aromatic carbocycles. The molecule has 0 unspecified atom stereocenters. The Balaban J connectivity index is 2.50. The van der Waals surface area contributed by atoms with Gasteiger partial charge in [0.25, 0.3) is 0 Å². The van der Waals surface area contributed by atoms with Crippen molar-refractivity contribution in [3.63, 3.8) is 0 Å². The minimum absolute atomic E-state index is 0.0499. The van der Waals surface area contributed by atoms with Crippen LogP contribution < -0.4 is 0 Å². The maximum absolute atomic E-state index is 9.80. The fraction of sp³-hybridized carbons (Fsp3) is 0.692. The first-order valence-corrected chi connectivity index (χ1v) is 5.55.